The van der Waals surface area contributed by atoms with Gasteiger partial charge in [-0.15, -0.1) is 18.1 Å². The van der Waals surface area contributed by atoms with Crippen molar-refractivity contribution < 1.29 is 0 Å². The van der Waals surface area contributed by atoms with Gasteiger partial charge in [-0.1, -0.05) is 299 Å². The number of para-hydroxylation sites is 2. The standard InChI is InChI=1S/C56H38N2.C40H24N2S.CH3B3NP.CH4/c1-2-16-45(17-3-1)58-55-23-9-8-20-53(55)54-38-44(30-37-56(54)58)39-24-31-46(32-25-39)57(47-33-26-42(27-34-47)51-21-10-14-40-12-4-6-18-49(40)51)48-35-28-43(29-36-48)52-22-11-15-41-13-5-7-19-50(41)52;1-3-17-33-30(14-1)31-15-2-4-18-34(31)39-38(33)41-24-36(42-39)28-13-8-11-26(23-28)25-10-7-12-27(22-25)29-19-9-20-35-32-16-5-6-21-37(32)43-40(29)35;2-1-6(3,4)5;/h1-38H;1-24H;5H,1H2;1H4. The SMILES string of the molecule is C.[B]CP([B])([B])=N.c1cc(-c2cccc(-c3cccc4c3sc3ccccc34)c2)cc(-c2cnc3c4ccccc4c4ccccc4c3n2)c1.c1ccc(-n2c3ccccc3c3cc(-c4ccc(N(c5ccc(-c6cccc7ccccc67)cc5)c5ccc(-c6cccc7ccccc67)cc5)cc4)ccc32)cc1. The molecule has 0 atom stereocenters. The number of anilines is 3. The number of thiophene rings is 1. The summed E-state index contributed by atoms with van der Waals surface area (Å²) in [5.74, 6) is 0. The van der Waals surface area contributed by atoms with E-state index in [-0.39, 0.29) is 13.5 Å². The number of rotatable bonds is 11. The Kier molecular flexibility index (Phi) is 18.6. The quantitative estimate of drug-likeness (QED) is 0.0798. The van der Waals surface area contributed by atoms with Crippen LogP contribution in [0.15, 0.2) is 376 Å². The molecular formula is C98H69B3N5PS. The molecular weight excluding hydrogens is 1340 g/mol. The highest BCUT2D eigenvalue weighted by molar-refractivity contribution is 8.07. The fraction of sp³-hybridized carbons (Fsp3) is 0.0204. The fourth-order valence-corrected chi connectivity index (χ4v) is 16.5. The van der Waals surface area contributed by atoms with Crippen LogP contribution in [0.3, 0.4) is 0 Å². The van der Waals surface area contributed by atoms with Crippen molar-refractivity contribution in [2.75, 3.05) is 11.0 Å². The van der Waals surface area contributed by atoms with Crippen molar-refractivity contribution in [2.45, 2.75) is 7.43 Å². The fourth-order valence-electron chi connectivity index (χ4n) is 15.3. The van der Waals surface area contributed by atoms with Gasteiger partial charge >= 0.3 is 0 Å². The third-order valence-electron chi connectivity index (χ3n) is 20.4. The maximum atomic E-state index is 6.72. The van der Waals surface area contributed by atoms with Crippen molar-refractivity contribution in [3.8, 4) is 72.6 Å². The van der Waals surface area contributed by atoms with Gasteiger partial charge in [-0.3, -0.25) is 4.98 Å². The van der Waals surface area contributed by atoms with Crippen molar-refractivity contribution in [3.05, 3.63) is 376 Å². The van der Waals surface area contributed by atoms with Gasteiger partial charge in [-0.05, 0) is 173 Å². The number of fused-ring (bicyclic) bond motifs is 14. The van der Waals surface area contributed by atoms with Crippen molar-refractivity contribution in [1.29, 1.82) is 5.16 Å². The van der Waals surface area contributed by atoms with E-state index in [1.165, 1.54) is 130 Å². The summed E-state index contributed by atoms with van der Waals surface area (Å²) in [4.78, 5) is 12.6. The molecule has 20 rings (SSSR count). The van der Waals surface area contributed by atoms with Gasteiger partial charge in [0.2, 0.25) is 0 Å². The zero-order valence-corrected chi connectivity index (χ0v) is 60.1. The molecule has 1 N–H and O–H groups in total. The second-order valence-corrected chi connectivity index (χ2v) is 30.3. The molecule has 6 radical (unpaired) electrons. The maximum absolute atomic E-state index is 6.72. The topological polar surface area (TPSA) is 57.8 Å². The molecule has 20 aromatic rings. The summed E-state index contributed by atoms with van der Waals surface area (Å²) in [6.07, 6.45) is 1.92. The number of aromatic nitrogens is 3. The number of hydrogen-bond donors (Lipinski definition) is 1. The third kappa shape index (κ3) is 13.1. The first-order chi connectivity index (χ1) is 52.6. The average molecular weight is 1410 g/mol. The summed E-state index contributed by atoms with van der Waals surface area (Å²) in [5, 5.41) is 21.6. The Balaban J connectivity index is 0.000000151. The van der Waals surface area contributed by atoms with E-state index in [0.29, 0.717) is 0 Å². The highest BCUT2D eigenvalue weighted by Crippen LogP contribution is 2.44. The van der Waals surface area contributed by atoms with E-state index in [0.717, 1.165) is 55.7 Å². The van der Waals surface area contributed by atoms with Crippen molar-refractivity contribution in [1.82, 2.24) is 14.5 Å². The van der Waals surface area contributed by atoms with E-state index in [9.17, 15) is 0 Å². The van der Waals surface area contributed by atoms with Crippen LogP contribution >= 0.6 is 18.1 Å². The van der Waals surface area contributed by atoms with Gasteiger partial charge in [0.05, 0.1) is 41.8 Å². The van der Waals surface area contributed by atoms with Crippen LogP contribution in [-0.4, -0.2) is 43.6 Å². The normalized spacial score (nSPS) is 11.4. The molecule has 3 heterocycles. The Labute approximate surface area is 636 Å². The van der Waals surface area contributed by atoms with Crippen LogP contribution in [0.2, 0.25) is 0 Å². The predicted molar refractivity (Wildman–Crippen MR) is 469 cm³/mol. The Morgan fingerprint density at radius 3 is 1.35 bits per heavy atom. The van der Waals surface area contributed by atoms with Crippen LogP contribution in [0.25, 0.3) is 169 Å². The Morgan fingerprint density at radius 1 is 0.333 bits per heavy atom. The first-order valence-electron chi connectivity index (χ1n) is 35.9. The van der Waals surface area contributed by atoms with E-state index in [1.807, 2.05) is 17.5 Å². The highest BCUT2D eigenvalue weighted by atomic mass is 32.1. The van der Waals surface area contributed by atoms with Crippen LogP contribution in [-0.2, 0) is 0 Å². The van der Waals surface area contributed by atoms with E-state index >= 15 is 0 Å². The Bertz CT molecular complexity index is 6640. The molecule has 0 aliphatic carbocycles. The molecule has 0 spiro atoms. The first kappa shape index (κ1) is 68.5. The van der Waals surface area contributed by atoms with Gasteiger partial charge in [0, 0.05) is 70.0 Å². The van der Waals surface area contributed by atoms with Gasteiger partial charge in [0.25, 0.3) is 0 Å². The van der Waals surface area contributed by atoms with Gasteiger partial charge in [0.15, 0.2) is 0 Å². The average Bonchev–Trinajstić information content (AvgIpc) is 1.37. The van der Waals surface area contributed by atoms with Crippen LogP contribution in [0.1, 0.15) is 7.43 Å². The lowest BCUT2D eigenvalue weighted by Gasteiger charge is -2.26. The maximum Gasteiger partial charge on any atom is 0.119 e. The minimum Gasteiger partial charge on any atom is -0.339 e. The predicted octanol–water partition coefficient (Wildman–Crippen LogP) is 27.6. The second-order valence-electron chi connectivity index (χ2n) is 27.0. The molecule has 3 aromatic heterocycles. The lowest BCUT2D eigenvalue weighted by atomic mass is 9.96. The molecule has 5 nitrogen and oxygen atoms in total. The molecule has 17 aromatic carbocycles. The summed E-state index contributed by atoms with van der Waals surface area (Å²) in [5.41, 5.74) is 22.8. The van der Waals surface area contributed by atoms with Gasteiger partial charge in [-0.25, -0.2) is 4.98 Å². The molecule has 108 heavy (non-hydrogen) atoms. The van der Waals surface area contributed by atoms with Crippen LogP contribution in [0, 0.1) is 5.16 Å². The lowest BCUT2D eigenvalue weighted by molar-refractivity contribution is 1.18. The highest BCUT2D eigenvalue weighted by Gasteiger charge is 2.19. The third-order valence-corrected chi connectivity index (χ3v) is 22.2. The molecule has 0 saturated heterocycles. The minimum atomic E-state index is -2.37. The van der Waals surface area contributed by atoms with E-state index in [4.69, 9.17) is 38.1 Å². The molecule has 10 heteroatoms. The molecule has 506 valence electrons. The number of nitrogens with one attached hydrogen (secondary N) is 1. The number of nitrogens with zero attached hydrogens (tertiary/aromatic N) is 4. The van der Waals surface area contributed by atoms with Gasteiger partial charge in [-0.2, -0.15) is 0 Å². The number of hydrogen-bond acceptors (Lipinski definition) is 5. The zero-order chi connectivity index (χ0) is 72.0. The summed E-state index contributed by atoms with van der Waals surface area (Å²) in [6.45, 7) is -2.37. The summed E-state index contributed by atoms with van der Waals surface area (Å²) in [7, 11) is 14.8. The minimum absolute atomic E-state index is 0. The van der Waals surface area contributed by atoms with E-state index in [2.05, 4.69) is 380 Å². The van der Waals surface area contributed by atoms with Crippen molar-refractivity contribution >= 4 is 154 Å². The molecule has 0 amide bonds. The van der Waals surface area contributed by atoms with Crippen molar-refractivity contribution in [2.24, 2.45) is 0 Å². The molecule has 0 fully saturated rings. The first-order valence-corrected chi connectivity index (χ1v) is 38.8. The molecule has 0 saturated carbocycles. The van der Waals surface area contributed by atoms with Gasteiger partial charge in [0.1, 0.15) is 15.1 Å². The van der Waals surface area contributed by atoms with Crippen LogP contribution < -0.4 is 4.90 Å². The molecule has 0 aliphatic heterocycles. The van der Waals surface area contributed by atoms with Crippen molar-refractivity contribution in [3.63, 3.8) is 0 Å². The smallest absolute Gasteiger partial charge is 0.119 e. The Hall–Kier alpha value is -12.6. The summed E-state index contributed by atoms with van der Waals surface area (Å²) < 4.78 is 5.03. The lowest BCUT2D eigenvalue weighted by Crippen LogP contribution is -2.09. The van der Waals surface area contributed by atoms with E-state index in [1.54, 1.807) is 0 Å². The van der Waals surface area contributed by atoms with Crippen LogP contribution in [0.4, 0.5) is 17.1 Å². The summed E-state index contributed by atoms with van der Waals surface area (Å²) >= 11 is 1.87. The number of benzene rings is 17. The van der Waals surface area contributed by atoms with Gasteiger partial charge < -0.3 is 14.6 Å². The van der Waals surface area contributed by atoms with E-state index < -0.39 is 6.81 Å². The zero-order valence-electron chi connectivity index (χ0n) is 58.4. The Morgan fingerprint density at radius 2 is 0.750 bits per heavy atom. The molecule has 0 unspecified atom stereocenters. The largest absolute Gasteiger partial charge is 0.339 e. The monoisotopic (exact) mass is 1410 g/mol. The van der Waals surface area contributed by atoms with Crippen LogP contribution in [0.5, 0.6) is 0 Å². The summed E-state index contributed by atoms with van der Waals surface area (Å²) in [6, 6.07) is 134. The molecule has 0 bridgehead atoms. The molecule has 0 aliphatic rings. The second kappa shape index (κ2) is 29.4.